The van der Waals surface area contributed by atoms with Gasteiger partial charge < -0.3 is 10.8 Å². The monoisotopic (exact) mass is 188 g/mol. The van der Waals surface area contributed by atoms with Crippen molar-refractivity contribution in [2.45, 2.75) is 4.90 Å². The number of rotatable bonds is 1. The second kappa shape index (κ2) is 2.65. The van der Waals surface area contributed by atoms with Gasteiger partial charge in [-0.3, -0.25) is 0 Å². The molecule has 0 radical (unpaired) electrons. The predicted molar refractivity (Wildman–Crippen MR) is 43.9 cm³/mol. The molecule has 0 bridgehead atoms. The first-order valence-corrected chi connectivity index (χ1v) is 4.58. The van der Waals surface area contributed by atoms with Gasteiger partial charge in [0.15, 0.2) is 0 Å². The van der Waals surface area contributed by atoms with Gasteiger partial charge >= 0.3 is 0 Å². The Morgan fingerprint density at radius 1 is 1.33 bits per heavy atom. The zero-order valence-electron chi connectivity index (χ0n) is 6.06. The molecule has 0 aromatic heterocycles. The molecule has 0 amide bonds. The van der Waals surface area contributed by atoms with E-state index in [0.717, 1.165) is 0 Å². The summed E-state index contributed by atoms with van der Waals surface area (Å²) in [5.74, 6) is -0.433. The van der Waals surface area contributed by atoms with Crippen LogP contribution in [-0.2, 0) is 10.0 Å². The standard InChI is InChI=1S/C6H8N2O3S/c7-4-2-1-3-5(9)6(4)12(8,10)11/h1-3,9H,7H2,(H2,8,10,11). The van der Waals surface area contributed by atoms with Gasteiger partial charge in [-0.25, -0.2) is 13.6 Å². The Kier molecular flexibility index (Phi) is 1.95. The zero-order chi connectivity index (χ0) is 9.35. The molecule has 0 fully saturated rings. The van der Waals surface area contributed by atoms with Crippen molar-refractivity contribution in [2.75, 3.05) is 5.73 Å². The summed E-state index contributed by atoms with van der Waals surface area (Å²) < 4.78 is 21.6. The third-order valence-corrected chi connectivity index (χ3v) is 2.32. The van der Waals surface area contributed by atoms with Crippen molar-refractivity contribution >= 4 is 15.7 Å². The van der Waals surface area contributed by atoms with Crippen LogP contribution < -0.4 is 10.9 Å². The van der Waals surface area contributed by atoms with E-state index in [4.69, 9.17) is 16.0 Å². The molecule has 5 nitrogen and oxygen atoms in total. The van der Waals surface area contributed by atoms with Gasteiger partial charge in [-0.15, -0.1) is 0 Å². The van der Waals surface area contributed by atoms with Gasteiger partial charge in [-0.2, -0.15) is 0 Å². The highest BCUT2D eigenvalue weighted by atomic mass is 32.2. The Morgan fingerprint density at radius 3 is 2.25 bits per heavy atom. The van der Waals surface area contributed by atoms with Gasteiger partial charge in [-0.05, 0) is 12.1 Å². The Morgan fingerprint density at radius 2 is 1.92 bits per heavy atom. The Labute approximate surface area is 69.7 Å². The average molecular weight is 188 g/mol. The van der Waals surface area contributed by atoms with Crippen LogP contribution in [0, 0.1) is 0 Å². The molecule has 66 valence electrons. The summed E-state index contributed by atoms with van der Waals surface area (Å²) in [7, 11) is -3.94. The van der Waals surface area contributed by atoms with Gasteiger partial charge in [0.05, 0.1) is 5.69 Å². The SMILES string of the molecule is Nc1cccc(O)c1S(N)(=O)=O. The van der Waals surface area contributed by atoms with Crippen molar-refractivity contribution in [3.63, 3.8) is 0 Å². The topological polar surface area (TPSA) is 106 Å². The molecule has 0 atom stereocenters. The largest absolute Gasteiger partial charge is 0.506 e. The van der Waals surface area contributed by atoms with E-state index in [1.165, 1.54) is 18.2 Å². The number of nitrogen functional groups attached to an aromatic ring is 1. The molecule has 0 unspecified atom stereocenters. The van der Waals surface area contributed by atoms with Crippen LogP contribution in [0.15, 0.2) is 23.1 Å². The number of hydrogen-bond acceptors (Lipinski definition) is 4. The highest BCUT2D eigenvalue weighted by Gasteiger charge is 2.16. The molecule has 12 heavy (non-hydrogen) atoms. The molecule has 1 rings (SSSR count). The third-order valence-electron chi connectivity index (χ3n) is 1.31. The number of primary sulfonamides is 1. The first kappa shape index (κ1) is 8.82. The van der Waals surface area contributed by atoms with Gasteiger partial charge in [0.1, 0.15) is 10.6 Å². The highest BCUT2D eigenvalue weighted by molar-refractivity contribution is 7.89. The van der Waals surface area contributed by atoms with Crippen molar-refractivity contribution in [1.82, 2.24) is 0 Å². The fourth-order valence-corrected chi connectivity index (χ4v) is 1.61. The van der Waals surface area contributed by atoms with Gasteiger partial charge in [0.25, 0.3) is 0 Å². The third kappa shape index (κ3) is 1.49. The molecule has 0 saturated carbocycles. The Hall–Kier alpha value is -1.27. The summed E-state index contributed by atoms with van der Waals surface area (Å²) in [5.41, 5.74) is 5.23. The number of phenolic OH excluding ortho intramolecular Hbond substituents is 1. The lowest BCUT2D eigenvalue weighted by atomic mass is 10.3. The van der Waals surface area contributed by atoms with Crippen LogP contribution in [0.4, 0.5) is 5.69 Å². The molecular formula is C6H8N2O3S. The normalized spacial score (nSPS) is 11.4. The summed E-state index contributed by atoms with van der Waals surface area (Å²) in [6.07, 6.45) is 0. The molecule has 6 heteroatoms. The van der Waals surface area contributed by atoms with E-state index in [-0.39, 0.29) is 5.69 Å². The average Bonchev–Trinajstić information content (AvgIpc) is 1.82. The van der Waals surface area contributed by atoms with E-state index in [2.05, 4.69) is 0 Å². The molecule has 0 spiro atoms. The number of aromatic hydroxyl groups is 1. The number of nitrogens with two attached hydrogens (primary N) is 2. The molecule has 5 N–H and O–H groups in total. The minimum Gasteiger partial charge on any atom is -0.506 e. The van der Waals surface area contributed by atoms with Crippen molar-refractivity contribution < 1.29 is 13.5 Å². The first-order valence-electron chi connectivity index (χ1n) is 3.03. The first-order chi connectivity index (χ1) is 5.43. The zero-order valence-corrected chi connectivity index (χ0v) is 6.88. The van der Waals surface area contributed by atoms with Crippen LogP contribution in [0.5, 0.6) is 5.75 Å². The predicted octanol–water partition coefficient (Wildman–Crippen LogP) is -0.378. The molecule has 1 aromatic carbocycles. The summed E-state index contributed by atoms with van der Waals surface area (Å²) >= 11 is 0. The van der Waals surface area contributed by atoms with Crippen LogP contribution in [-0.4, -0.2) is 13.5 Å². The van der Waals surface area contributed by atoms with Crippen molar-refractivity contribution in [3.05, 3.63) is 18.2 Å². The van der Waals surface area contributed by atoms with Gasteiger partial charge in [0.2, 0.25) is 10.0 Å². The van der Waals surface area contributed by atoms with E-state index in [9.17, 15) is 8.42 Å². The van der Waals surface area contributed by atoms with E-state index in [1.54, 1.807) is 0 Å². The van der Waals surface area contributed by atoms with Crippen molar-refractivity contribution in [2.24, 2.45) is 5.14 Å². The fraction of sp³-hybridized carbons (Fsp3) is 0. The molecular weight excluding hydrogens is 180 g/mol. The number of phenols is 1. The fourth-order valence-electron chi connectivity index (χ4n) is 0.852. The lowest BCUT2D eigenvalue weighted by molar-refractivity contribution is 0.459. The number of anilines is 1. The summed E-state index contributed by atoms with van der Waals surface area (Å²) in [6, 6.07) is 3.98. The quantitative estimate of drug-likeness (QED) is 0.522. The molecule has 0 aliphatic heterocycles. The van der Waals surface area contributed by atoms with E-state index in [1.807, 2.05) is 0 Å². The van der Waals surface area contributed by atoms with Gasteiger partial charge in [0, 0.05) is 0 Å². The van der Waals surface area contributed by atoms with Crippen LogP contribution in [0.25, 0.3) is 0 Å². The van der Waals surface area contributed by atoms with Crippen molar-refractivity contribution in [3.8, 4) is 5.75 Å². The molecule has 0 saturated heterocycles. The Balaban J connectivity index is 3.53. The Bertz CT molecular complexity index is 379. The van der Waals surface area contributed by atoms with Crippen molar-refractivity contribution in [1.29, 1.82) is 0 Å². The second-order valence-corrected chi connectivity index (χ2v) is 3.74. The minimum atomic E-state index is -3.94. The van der Waals surface area contributed by atoms with Crippen LogP contribution >= 0.6 is 0 Å². The lowest BCUT2D eigenvalue weighted by Gasteiger charge is -2.03. The van der Waals surface area contributed by atoms with E-state index >= 15 is 0 Å². The second-order valence-electron chi connectivity index (χ2n) is 2.24. The minimum absolute atomic E-state index is 0.0579. The molecule has 0 aliphatic rings. The maximum Gasteiger partial charge on any atom is 0.243 e. The summed E-state index contributed by atoms with van der Waals surface area (Å²) in [4.78, 5) is -0.426. The molecule has 0 aliphatic carbocycles. The van der Waals surface area contributed by atoms with E-state index in [0.29, 0.717) is 0 Å². The van der Waals surface area contributed by atoms with Crippen LogP contribution in [0.1, 0.15) is 0 Å². The van der Waals surface area contributed by atoms with Crippen LogP contribution in [0.2, 0.25) is 0 Å². The smallest absolute Gasteiger partial charge is 0.243 e. The highest BCUT2D eigenvalue weighted by Crippen LogP contribution is 2.26. The summed E-state index contributed by atoms with van der Waals surface area (Å²) in [6.45, 7) is 0. The number of benzene rings is 1. The van der Waals surface area contributed by atoms with E-state index < -0.39 is 20.7 Å². The number of sulfonamides is 1. The lowest BCUT2D eigenvalue weighted by Crippen LogP contribution is -2.14. The number of hydrogen-bond donors (Lipinski definition) is 3. The van der Waals surface area contributed by atoms with Gasteiger partial charge in [-0.1, -0.05) is 6.07 Å². The maximum absolute atomic E-state index is 10.8. The van der Waals surface area contributed by atoms with Crippen LogP contribution in [0.3, 0.4) is 0 Å². The molecule has 1 aromatic rings. The molecule has 0 heterocycles. The maximum atomic E-state index is 10.8. The summed E-state index contributed by atoms with van der Waals surface area (Å²) in [5, 5.41) is 13.9.